The highest BCUT2D eigenvalue weighted by Crippen LogP contribution is 2.25. The van der Waals surface area contributed by atoms with Gasteiger partial charge in [-0.2, -0.15) is 4.37 Å². The Morgan fingerprint density at radius 2 is 2.00 bits per heavy atom. The van der Waals surface area contributed by atoms with E-state index in [4.69, 9.17) is 16.6 Å². The van der Waals surface area contributed by atoms with Crippen LogP contribution in [-0.4, -0.2) is 54.0 Å². The molecular weight excluding hydrogens is 370 g/mol. The van der Waals surface area contributed by atoms with Gasteiger partial charge in [-0.25, -0.2) is 9.78 Å². The predicted molar refractivity (Wildman–Crippen MR) is 106 cm³/mol. The highest BCUT2D eigenvalue weighted by molar-refractivity contribution is 7.09. The minimum atomic E-state index is -0.0246. The number of urea groups is 1. The van der Waals surface area contributed by atoms with Crippen molar-refractivity contribution >= 4 is 34.3 Å². The standard InChI is InChI=1S/C18H24ClN5OS/c1-23(2)17(25)20-12-14-7-9-24(10-8-14)18-21-16(22-26-18)11-13-3-5-15(19)6-4-13/h3-6,14H,7-12H2,1-2H3,(H,20,25). The van der Waals surface area contributed by atoms with Crippen molar-refractivity contribution in [3.63, 3.8) is 0 Å². The van der Waals surface area contributed by atoms with E-state index in [1.807, 2.05) is 24.3 Å². The molecular formula is C18H24ClN5OS. The monoisotopic (exact) mass is 393 g/mol. The van der Waals surface area contributed by atoms with Crippen molar-refractivity contribution < 1.29 is 4.79 Å². The number of nitrogens with one attached hydrogen (secondary N) is 1. The second-order valence-electron chi connectivity index (χ2n) is 6.81. The number of carbonyl (C=O) groups excluding carboxylic acids is 1. The number of hydrogen-bond acceptors (Lipinski definition) is 5. The van der Waals surface area contributed by atoms with Crippen molar-refractivity contribution in [2.45, 2.75) is 19.3 Å². The zero-order chi connectivity index (χ0) is 18.5. The zero-order valence-electron chi connectivity index (χ0n) is 15.1. The van der Waals surface area contributed by atoms with E-state index in [-0.39, 0.29) is 6.03 Å². The van der Waals surface area contributed by atoms with E-state index in [0.29, 0.717) is 5.92 Å². The molecule has 2 heterocycles. The van der Waals surface area contributed by atoms with Crippen molar-refractivity contribution in [3.8, 4) is 0 Å². The molecule has 140 valence electrons. The number of hydrogen-bond donors (Lipinski definition) is 1. The van der Waals surface area contributed by atoms with Gasteiger partial charge in [-0.1, -0.05) is 23.7 Å². The molecule has 3 rings (SSSR count). The van der Waals surface area contributed by atoms with Crippen LogP contribution in [0.5, 0.6) is 0 Å². The second kappa shape index (κ2) is 8.68. The number of nitrogens with zero attached hydrogens (tertiary/aromatic N) is 4. The average molecular weight is 394 g/mol. The normalized spacial score (nSPS) is 15.1. The van der Waals surface area contributed by atoms with Gasteiger partial charge in [0.25, 0.3) is 0 Å². The van der Waals surface area contributed by atoms with E-state index < -0.39 is 0 Å². The molecule has 1 N–H and O–H groups in total. The lowest BCUT2D eigenvalue weighted by atomic mass is 9.97. The summed E-state index contributed by atoms with van der Waals surface area (Å²) in [4.78, 5) is 20.2. The molecule has 0 spiro atoms. The third-order valence-corrected chi connectivity index (χ3v) is 5.63. The molecule has 0 unspecified atom stereocenters. The highest BCUT2D eigenvalue weighted by Gasteiger charge is 2.22. The molecule has 1 aliphatic heterocycles. The van der Waals surface area contributed by atoms with Crippen LogP contribution in [0.2, 0.25) is 5.02 Å². The maximum Gasteiger partial charge on any atom is 0.316 e. The van der Waals surface area contributed by atoms with E-state index in [0.717, 1.165) is 60.4 Å². The Balaban J connectivity index is 1.48. The van der Waals surface area contributed by atoms with Gasteiger partial charge >= 0.3 is 6.03 Å². The van der Waals surface area contributed by atoms with E-state index in [1.54, 1.807) is 19.0 Å². The molecule has 0 radical (unpaired) electrons. The van der Waals surface area contributed by atoms with Gasteiger partial charge in [-0.05, 0) is 36.5 Å². The van der Waals surface area contributed by atoms with Crippen molar-refractivity contribution in [2.75, 3.05) is 38.6 Å². The molecule has 8 heteroatoms. The Morgan fingerprint density at radius 3 is 2.65 bits per heavy atom. The molecule has 1 fully saturated rings. The summed E-state index contributed by atoms with van der Waals surface area (Å²) in [6.07, 6.45) is 2.83. The lowest BCUT2D eigenvalue weighted by molar-refractivity contribution is 0.214. The predicted octanol–water partition coefficient (Wildman–Crippen LogP) is 3.27. The zero-order valence-corrected chi connectivity index (χ0v) is 16.7. The molecule has 1 aromatic carbocycles. The molecule has 2 amide bonds. The minimum absolute atomic E-state index is 0.0246. The van der Waals surface area contributed by atoms with Crippen molar-refractivity contribution in [2.24, 2.45) is 5.92 Å². The summed E-state index contributed by atoms with van der Waals surface area (Å²) in [5.41, 5.74) is 1.16. The fourth-order valence-corrected chi connectivity index (χ4v) is 3.81. The first-order valence-corrected chi connectivity index (χ1v) is 9.93. The minimum Gasteiger partial charge on any atom is -0.347 e. The fraction of sp³-hybridized carbons (Fsp3) is 0.500. The molecule has 2 aromatic rings. The van der Waals surface area contributed by atoms with Gasteiger partial charge < -0.3 is 15.1 Å². The number of amides is 2. The van der Waals surface area contributed by atoms with Crippen LogP contribution in [0, 0.1) is 5.92 Å². The van der Waals surface area contributed by atoms with Crippen LogP contribution in [0.1, 0.15) is 24.2 Å². The summed E-state index contributed by atoms with van der Waals surface area (Å²) in [5.74, 6) is 1.38. The Kier molecular flexibility index (Phi) is 6.32. The van der Waals surface area contributed by atoms with Crippen molar-refractivity contribution in [1.29, 1.82) is 0 Å². The Morgan fingerprint density at radius 1 is 1.31 bits per heavy atom. The third-order valence-electron chi connectivity index (χ3n) is 4.57. The van der Waals surface area contributed by atoms with Crippen LogP contribution >= 0.6 is 23.1 Å². The maximum atomic E-state index is 11.6. The number of rotatable bonds is 5. The van der Waals surface area contributed by atoms with Crippen LogP contribution in [0.15, 0.2) is 24.3 Å². The van der Waals surface area contributed by atoms with Gasteiger partial charge in [0.2, 0.25) is 5.13 Å². The smallest absolute Gasteiger partial charge is 0.316 e. The first-order valence-electron chi connectivity index (χ1n) is 8.78. The van der Waals surface area contributed by atoms with Gasteiger partial charge in [0, 0.05) is 56.7 Å². The summed E-state index contributed by atoms with van der Waals surface area (Å²) < 4.78 is 4.50. The lowest BCUT2D eigenvalue weighted by Gasteiger charge is -2.31. The Labute approximate surface area is 163 Å². The second-order valence-corrected chi connectivity index (χ2v) is 7.97. The van der Waals surface area contributed by atoms with Gasteiger partial charge in [0.15, 0.2) is 0 Å². The Bertz CT molecular complexity index is 725. The van der Waals surface area contributed by atoms with Gasteiger partial charge in [0.05, 0.1) is 0 Å². The number of halogens is 1. The van der Waals surface area contributed by atoms with Crippen LogP contribution in [0.25, 0.3) is 0 Å². The maximum absolute atomic E-state index is 11.6. The number of carbonyl (C=O) groups is 1. The molecule has 0 atom stereocenters. The SMILES string of the molecule is CN(C)C(=O)NCC1CCN(c2nc(Cc3ccc(Cl)cc3)ns2)CC1. The summed E-state index contributed by atoms with van der Waals surface area (Å²) >= 11 is 7.39. The van der Waals surface area contributed by atoms with E-state index in [9.17, 15) is 4.79 Å². The lowest BCUT2D eigenvalue weighted by Crippen LogP contribution is -2.41. The number of benzene rings is 1. The largest absolute Gasteiger partial charge is 0.347 e. The van der Waals surface area contributed by atoms with Gasteiger partial charge in [-0.3, -0.25) is 0 Å². The van der Waals surface area contributed by atoms with Crippen LogP contribution in [-0.2, 0) is 6.42 Å². The van der Waals surface area contributed by atoms with Crippen molar-refractivity contribution in [3.05, 3.63) is 40.7 Å². The first kappa shape index (κ1) is 18.9. The molecule has 26 heavy (non-hydrogen) atoms. The van der Waals surface area contributed by atoms with E-state index in [2.05, 4.69) is 14.6 Å². The van der Waals surface area contributed by atoms with E-state index in [1.165, 1.54) is 11.5 Å². The van der Waals surface area contributed by atoms with Crippen molar-refractivity contribution in [1.82, 2.24) is 19.6 Å². The van der Waals surface area contributed by atoms with Crippen LogP contribution in [0.4, 0.5) is 9.93 Å². The van der Waals surface area contributed by atoms with Gasteiger partial charge in [-0.15, -0.1) is 0 Å². The summed E-state index contributed by atoms with van der Waals surface area (Å²) in [7, 11) is 3.52. The van der Waals surface area contributed by atoms with E-state index >= 15 is 0 Å². The van der Waals surface area contributed by atoms with Gasteiger partial charge in [0.1, 0.15) is 5.82 Å². The first-order chi connectivity index (χ1) is 12.5. The molecule has 1 aromatic heterocycles. The highest BCUT2D eigenvalue weighted by atomic mass is 35.5. The number of anilines is 1. The van der Waals surface area contributed by atoms with Crippen LogP contribution in [0.3, 0.4) is 0 Å². The topological polar surface area (TPSA) is 61.4 Å². The fourth-order valence-electron chi connectivity index (χ4n) is 2.95. The molecule has 0 aliphatic carbocycles. The number of aromatic nitrogens is 2. The quantitative estimate of drug-likeness (QED) is 0.846. The van der Waals surface area contributed by atoms with Crippen LogP contribution < -0.4 is 10.2 Å². The molecule has 1 saturated heterocycles. The number of piperidine rings is 1. The summed E-state index contributed by atoms with van der Waals surface area (Å²) in [6.45, 7) is 2.65. The summed E-state index contributed by atoms with van der Waals surface area (Å²) in [5, 5.41) is 4.71. The average Bonchev–Trinajstić information content (AvgIpc) is 3.10. The molecule has 0 saturated carbocycles. The molecule has 1 aliphatic rings. The molecule has 0 bridgehead atoms. The summed E-state index contributed by atoms with van der Waals surface area (Å²) in [6, 6.07) is 7.78. The third kappa shape index (κ3) is 5.08. The Hall–Kier alpha value is -1.86. The molecule has 6 nitrogen and oxygen atoms in total.